The first-order valence-corrected chi connectivity index (χ1v) is 8.57. The third kappa shape index (κ3) is 2.92. The maximum atomic E-state index is 12.3. The second-order valence-corrected chi connectivity index (χ2v) is 6.74. The number of carbonyl (C=O) groups is 1. The zero-order valence-corrected chi connectivity index (χ0v) is 13.3. The summed E-state index contributed by atoms with van der Waals surface area (Å²) in [7, 11) is 0. The maximum Gasteiger partial charge on any atom is 0.265 e. The van der Waals surface area contributed by atoms with Gasteiger partial charge in [-0.05, 0) is 36.3 Å². The van der Waals surface area contributed by atoms with E-state index in [0.29, 0.717) is 40.8 Å². The van der Waals surface area contributed by atoms with Crippen molar-refractivity contribution in [2.24, 2.45) is 5.92 Å². The van der Waals surface area contributed by atoms with Crippen LogP contribution in [0.4, 0.5) is 5.69 Å². The third-order valence-electron chi connectivity index (χ3n) is 4.09. The number of amides is 1. The lowest BCUT2D eigenvalue weighted by Crippen LogP contribution is -2.18. The van der Waals surface area contributed by atoms with Gasteiger partial charge in [0.2, 0.25) is 0 Å². The van der Waals surface area contributed by atoms with Gasteiger partial charge >= 0.3 is 0 Å². The normalized spacial score (nSPS) is 17.6. The molecule has 0 bridgehead atoms. The van der Waals surface area contributed by atoms with E-state index in [0.717, 1.165) is 12.8 Å². The number of nitrogens with one attached hydrogen (secondary N) is 1. The summed E-state index contributed by atoms with van der Waals surface area (Å²) in [5, 5.41) is 15.3. The molecule has 0 spiro atoms. The molecule has 1 aromatic carbocycles. The first-order valence-electron chi connectivity index (χ1n) is 7.69. The van der Waals surface area contributed by atoms with Crippen molar-refractivity contribution in [1.29, 1.82) is 0 Å². The lowest BCUT2D eigenvalue weighted by Gasteiger charge is -2.23. The first kappa shape index (κ1) is 14.5. The fourth-order valence-corrected chi connectivity index (χ4v) is 3.33. The van der Waals surface area contributed by atoms with Crippen LogP contribution >= 0.6 is 11.3 Å². The summed E-state index contributed by atoms with van der Waals surface area (Å²) < 4.78 is 11.2. The second kappa shape index (κ2) is 5.86. The first-order chi connectivity index (χ1) is 11.2. The van der Waals surface area contributed by atoms with E-state index in [-0.39, 0.29) is 11.8 Å². The quantitative estimate of drug-likeness (QED) is 0.903. The zero-order chi connectivity index (χ0) is 15.8. The summed E-state index contributed by atoms with van der Waals surface area (Å²) in [5.41, 5.74) is 1.29. The molecule has 1 amide bonds. The van der Waals surface area contributed by atoms with Crippen LogP contribution in [0.1, 0.15) is 34.2 Å². The molecule has 2 heterocycles. The van der Waals surface area contributed by atoms with Crippen LogP contribution in [-0.2, 0) is 0 Å². The van der Waals surface area contributed by atoms with E-state index in [9.17, 15) is 9.90 Å². The van der Waals surface area contributed by atoms with Gasteiger partial charge in [0.15, 0.2) is 11.5 Å². The molecular weight excluding hydrogens is 314 g/mol. The minimum Gasteiger partial charge on any atom is -0.486 e. The number of hydrogen-bond donors (Lipinski definition) is 2. The summed E-state index contributed by atoms with van der Waals surface area (Å²) in [6, 6.07) is 7.15. The summed E-state index contributed by atoms with van der Waals surface area (Å²) in [5.74, 6) is 1.31. The lowest BCUT2D eigenvalue weighted by atomic mass is 10.0. The van der Waals surface area contributed by atoms with Gasteiger partial charge in [0.25, 0.3) is 5.91 Å². The molecule has 0 radical (unpaired) electrons. The molecule has 1 aliphatic carbocycles. The third-order valence-corrected chi connectivity index (χ3v) is 4.96. The highest BCUT2D eigenvalue weighted by atomic mass is 32.1. The van der Waals surface area contributed by atoms with Gasteiger partial charge in [-0.15, -0.1) is 11.3 Å². The number of aliphatic hydroxyl groups excluding tert-OH is 1. The van der Waals surface area contributed by atoms with Crippen molar-refractivity contribution >= 4 is 22.9 Å². The average Bonchev–Trinajstić information content (AvgIpc) is 3.27. The fraction of sp³-hybridized carbons (Fsp3) is 0.353. The minimum atomic E-state index is -0.593. The standard InChI is InChI=1S/C17H17NO4S/c19-16(10-3-4-10)11-8-13-14(22-6-5-21-13)9-12(11)18-17(20)15-2-1-7-23-15/h1-2,7-10,16,19H,3-6H2,(H,18,20)/t16-/m1/s1. The second-order valence-electron chi connectivity index (χ2n) is 5.80. The number of aliphatic hydroxyl groups is 1. The van der Waals surface area contributed by atoms with Crippen molar-refractivity contribution in [3.63, 3.8) is 0 Å². The predicted octanol–water partition coefficient (Wildman–Crippen LogP) is 3.22. The monoisotopic (exact) mass is 331 g/mol. The fourth-order valence-electron chi connectivity index (χ4n) is 2.72. The van der Waals surface area contributed by atoms with E-state index < -0.39 is 6.10 Å². The number of thiophene rings is 1. The summed E-state index contributed by atoms with van der Waals surface area (Å²) in [6.07, 6.45) is 1.42. The molecule has 1 aromatic heterocycles. The molecular formula is C17H17NO4S. The number of hydrogen-bond acceptors (Lipinski definition) is 5. The Hall–Kier alpha value is -2.05. The Labute approximate surface area is 137 Å². The predicted molar refractivity (Wildman–Crippen MR) is 87.4 cm³/mol. The van der Waals surface area contributed by atoms with Gasteiger partial charge in [-0.2, -0.15) is 0 Å². The number of anilines is 1. The van der Waals surface area contributed by atoms with Crippen LogP contribution in [-0.4, -0.2) is 24.2 Å². The van der Waals surface area contributed by atoms with Crippen molar-refractivity contribution in [3.8, 4) is 11.5 Å². The molecule has 4 rings (SSSR count). The number of rotatable bonds is 4. The Kier molecular flexibility index (Phi) is 3.71. The van der Waals surface area contributed by atoms with E-state index in [4.69, 9.17) is 9.47 Å². The molecule has 1 atom stereocenters. The molecule has 5 nitrogen and oxygen atoms in total. The van der Waals surface area contributed by atoms with Crippen LogP contribution in [0.25, 0.3) is 0 Å². The highest BCUT2D eigenvalue weighted by Crippen LogP contribution is 2.46. The number of ether oxygens (including phenoxy) is 2. The van der Waals surface area contributed by atoms with Crippen molar-refractivity contribution in [3.05, 3.63) is 40.1 Å². The van der Waals surface area contributed by atoms with Crippen LogP contribution < -0.4 is 14.8 Å². The number of carbonyl (C=O) groups excluding carboxylic acids is 1. The lowest BCUT2D eigenvalue weighted by molar-refractivity contribution is 0.102. The topological polar surface area (TPSA) is 67.8 Å². The maximum absolute atomic E-state index is 12.3. The Morgan fingerprint density at radius 2 is 2.00 bits per heavy atom. The Morgan fingerprint density at radius 3 is 2.65 bits per heavy atom. The van der Waals surface area contributed by atoms with E-state index in [1.54, 1.807) is 18.2 Å². The molecule has 0 unspecified atom stereocenters. The molecule has 6 heteroatoms. The highest BCUT2D eigenvalue weighted by Gasteiger charge is 2.33. The van der Waals surface area contributed by atoms with E-state index in [2.05, 4.69) is 5.32 Å². The Morgan fingerprint density at radius 1 is 1.26 bits per heavy atom. The van der Waals surface area contributed by atoms with Crippen LogP contribution in [0.3, 0.4) is 0 Å². The van der Waals surface area contributed by atoms with Gasteiger partial charge in [-0.3, -0.25) is 4.79 Å². The molecule has 23 heavy (non-hydrogen) atoms. The molecule has 2 N–H and O–H groups in total. The van der Waals surface area contributed by atoms with Crippen LogP contribution in [0.15, 0.2) is 29.6 Å². The van der Waals surface area contributed by atoms with Gasteiger partial charge in [-0.1, -0.05) is 6.07 Å². The zero-order valence-electron chi connectivity index (χ0n) is 12.5. The van der Waals surface area contributed by atoms with E-state index in [1.807, 2.05) is 11.4 Å². The molecule has 2 aliphatic rings. The van der Waals surface area contributed by atoms with Gasteiger partial charge < -0.3 is 19.9 Å². The SMILES string of the molecule is O=C(Nc1cc2c(cc1[C@H](O)C1CC1)OCCO2)c1cccs1. The summed E-state index contributed by atoms with van der Waals surface area (Å²) >= 11 is 1.38. The van der Waals surface area contributed by atoms with Gasteiger partial charge in [-0.25, -0.2) is 0 Å². The molecule has 1 aliphatic heterocycles. The minimum absolute atomic E-state index is 0.180. The van der Waals surface area contributed by atoms with E-state index >= 15 is 0 Å². The molecule has 1 fully saturated rings. The number of fused-ring (bicyclic) bond motifs is 1. The Balaban J connectivity index is 1.69. The summed E-state index contributed by atoms with van der Waals surface area (Å²) in [4.78, 5) is 13.0. The average molecular weight is 331 g/mol. The molecule has 120 valence electrons. The van der Waals surface area contributed by atoms with Crippen LogP contribution in [0.2, 0.25) is 0 Å². The van der Waals surface area contributed by atoms with Crippen molar-refractivity contribution < 1.29 is 19.4 Å². The van der Waals surface area contributed by atoms with Crippen LogP contribution in [0.5, 0.6) is 11.5 Å². The molecule has 0 saturated heterocycles. The van der Waals surface area contributed by atoms with Crippen molar-refractivity contribution in [1.82, 2.24) is 0 Å². The number of benzene rings is 1. The largest absolute Gasteiger partial charge is 0.486 e. The van der Waals surface area contributed by atoms with Crippen molar-refractivity contribution in [2.45, 2.75) is 18.9 Å². The molecule has 1 saturated carbocycles. The Bertz CT molecular complexity index is 724. The van der Waals surface area contributed by atoms with Gasteiger partial charge in [0, 0.05) is 11.6 Å². The van der Waals surface area contributed by atoms with E-state index in [1.165, 1.54) is 11.3 Å². The van der Waals surface area contributed by atoms with Gasteiger partial charge in [0.05, 0.1) is 16.7 Å². The molecule has 2 aromatic rings. The smallest absolute Gasteiger partial charge is 0.265 e. The van der Waals surface area contributed by atoms with Crippen molar-refractivity contribution in [2.75, 3.05) is 18.5 Å². The highest BCUT2D eigenvalue weighted by molar-refractivity contribution is 7.12. The summed E-state index contributed by atoms with van der Waals surface area (Å²) in [6.45, 7) is 0.975. The van der Waals surface area contributed by atoms with Crippen LogP contribution in [0, 0.1) is 5.92 Å². The van der Waals surface area contributed by atoms with Gasteiger partial charge in [0.1, 0.15) is 13.2 Å².